The monoisotopic (exact) mass is 360 g/mol. The molecule has 0 atom stereocenters. The topological polar surface area (TPSA) is 52.6 Å². The van der Waals surface area contributed by atoms with Crippen molar-refractivity contribution in [3.63, 3.8) is 0 Å². The fourth-order valence-electron chi connectivity index (χ4n) is 2.87. The Bertz CT molecular complexity index is 261. The first-order chi connectivity index (χ1) is 12.4. The van der Waals surface area contributed by atoms with Crippen molar-refractivity contribution in [1.29, 1.82) is 0 Å². The largest absolute Gasteiger partial charge is 0.380 e. The lowest BCUT2D eigenvalue weighted by Gasteiger charge is -2.25. The molecule has 2 aliphatic rings. The molecule has 0 aromatic rings. The molecule has 7 nitrogen and oxygen atoms in total. The summed E-state index contributed by atoms with van der Waals surface area (Å²) in [7, 11) is 0. The number of rotatable bonds is 0. The third-order valence-electron chi connectivity index (χ3n) is 4.47. The van der Waals surface area contributed by atoms with Crippen LogP contribution >= 0.6 is 0 Å². The third kappa shape index (κ3) is 11.1. The summed E-state index contributed by atoms with van der Waals surface area (Å²) in [6.45, 7) is 13.1. The highest BCUT2D eigenvalue weighted by atomic mass is 16.5. The molecule has 2 heterocycles. The second kappa shape index (κ2) is 14.8. The Morgan fingerprint density at radius 1 is 0.320 bits per heavy atom. The van der Waals surface area contributed by atoms with Gasteiger partial charge in [0.15, 0.2) is 0 Å². The molecule has 2 fully saturated rings. The van der Waals surface area contributed by atoms with Gasteiger partial charge in [-0.15, -0.1) is 0 Å². The smallest absolute Gasteiger partial charge is 0.0594 e. The van der Waals surface area contributed by atoms with Crippen LogP contribution in [0.5, 0.6) is 0 Å². The molecule has 0 radical (unpaired) electrons. The molecule has 25 heavy (non-hydrogen) atoms. The number of fused-ring (bicyclic) bond motifs is 6. The number of ether oxygens (including phenoxy) is 5. The molecule has 0 saturated carbocycles. The molecule has 7 heteroatoms. The summed E-state index contributed by atoms with van der Waals surface area (Å²) in [4.78, 5) is 4.73. The standard InChI is InChI=1S/C18H36N2O5/c1-9-21-13-3-19-5-15-23-11-2-12-24-16-6-20(4-14-22-10-1)8-18-25-17-7-19/h1-18H2. The number of hydrogen-bond donors (Lipinski definition) is 0. The average Bonchev–Trinajstić information content (AvgIpc) is 2.61. The first kappa shape index (κ1) is 21.0. The second-order valence-corrected chi connectivity index (χ2v) is 6.45. The van der Waals surface area contributed by atoms with Crippen LogP contribution in [0.25, 0.3) is 0 Å². The van der Waals surface area contributed by atoms with Crippen LogP contribution in [0.4, 0.5) is 0 Å². The highest BCUT2D eigenvalue weighted by molar-refractivity contribution is 4.60. The van der Waals surface area contributed by atoms with Crippen molar-refractivity contribution in [2.24, 2.45) is 0 Å². The first-order valence-corrected chi connectivity index (χ1v) is 9.78. The first-order valence-electron chi connectivity index (χ1n) is 9.78. The highest BCUT2D eigenvalue weighted by Crippen LogP contribution is 1.97. The molecule has 0 spiro atoms. The number of nitrogens with zero attached hydrogens (tertiary/aromatic N) is 2. The van der Waals surface area contributed by atoms with Crippen LogP contribution in [0.1, 0.15) is 12.8 Å². The van der Waals surface area contributed by atoms with E-state index in [0.29, 0.717) is 0 Å². The van der Waals surface area contributed by atoms with Crippen molar-refractivity contribution in [2.75, 3.05) is 105 Å². The van der Waals surface area contributed by atoms with E-state index in [0.717, 1.165) is 118 Å². The zero-order valence-corrected chi connectivity index (χ0v) is 15.7. The van der Waals surface area contributed by atoms with Gasteiger partial charge in [-0.25, -0.2) is 0 Å². The van der Waals surface area contributed by atoms with Crippen LogP contribution in [0.15, 0.2) is 0 Å². The maximum Gasteiger partial charge on any atom is 0.0594 e. The molecular formula is C18H36N2O5. The lowest BCUT2D eigenvalue weighted by Crippen LogP contribution is -2.37. The minimum atomic E-state index is 0.751. The van der Waals surface area contributed by atoms with Crippen molar-refractivity contribution < 1.29 is 23.7 Å². The van der Waals surface area contributed by atoms with Gasteiger partial charge in [-0.3, -0.25) is 9.80 Å². The fraction of sp³-hybridized carbons (Fsp3) is 1.00. The van der Waals surface area contributed by atoms with E-state index in [2.05, 4.69) is 9.80 Å². The summed E-state index contributed by atoms with van der Waals surface area (Å²) < 4.78 is 28.8. The zero-order chi connectivity index (χ0) is 17.4. The summed E-state index contributed by atoms with van der Waals surface area (Å²) in [5.41, 5.74) is 0. The van der Waals surface area contributed by atoms with Crippen molar-refractivity contribution in [3.8, 4) is 0 Å². The van der Waals surface area contributed by atoms with Crippen LogP contribution in [-0.4, -0.2) is 115 Å². The quantitative estimate of drug-likeness (QED) is 0.583. The van der Waals surface area contributed by atoms with Crippen molar-refractivity contribution in [3.05, 3.63) is 0 Å². The van der Waals surface area contributed by atoms with E-state index in [1.165, 1.54) is 0 Å². The Balaban J connectivity index is 1.86. The summed E-state index contributed by atoms with van der Waals surface area (Å²) >= 11 is 0. The van der Waals surface area contributed by atoms with E-state index in [1.807, 2.05) is 0 Å². The van der Waals surface area contributed by atoms with Crippen LogP contribution in [-0.2, 0) is 23.7 Å². The van der Waals surface area contributed by atoms with Gasteiger partial charge in [0, 0.05) is 65.7 Å². The Morgan fingerprint density at radius 3 is 0.840 bits per heavy atom. The normalized spacial score (nSPS) is 30.7. The molecule has 0 aromatic carbocycles. The van der Waals surface area contributed by atoms with Gasteiger partial charge in [0.05, 0.1) is 39.6 Å². The Labute approximate surface area is 152 Å². The van der Waals surface area contributed by atoms with Crippen LogP contribution in [0, 0.1) is 0 Å². The SMILES string of the molecule is C1COCCN2CCOCCCOCCN(CCOC1)CCOCC2. The molecule has 0 aliphatic carbocycles. The van der Waals surface area contributed by atoms with Gasteiger partial charge in [-0.2, -0.15) is 0 Å². The molecule has 148 valence electrons. The van der Waals surface area contributed by atoms with E-state index in [4.69, 9.17) is 23.7 Å². The molecule has 2 saturated heterocycles. The van der Waals surface area contributed by atoms with Gasteiger partial charge >= 0.3 is 0 Å². The number of hydrogen-bond acceptors (Lipinski definition) is 7. The Kier molecular flexibility index (Phi) is 12.5. The summed E-state index contributed by atoms with van der Waals surface area (Å²) in [5, 5.41) is 0. The Hall–Kier alpha value is -0.280. The van der Waals surface area contributed by atoms with Gasteiger partial charge in [0.1, 0.15) is 0 Å². The lowest BCUT2D eigenvalue weighted by molar-refractivity contribution is 0.0150. The van der Waals surface area contributed by atoms with Crippen molar-refractivity contribution >= 4 is 0 Å². The van der Waals surface area contributed by atoms with Crippen LogP contribution in [0.2, 0.25) is 0 Å². The van der Waals surface area contributed by atoms with Crippen molar-refractivity contribution in [2.45, 2.75) is 12.8 Å². The molecule has 0 N–H and O–H groups in total. The predicted octanol–water partition coefficient (Wildman–Crippen LogP) is 0.481. The third-order valence-corrected chi connectivity index (χ3v) is 4.47. The van der Waals surface area contributed by atoms with Gasteiger partial charge in [-0.05, 0) is 12.8 Å². The zero-order valence-electron chi connectivity index (χ0n) is 15.7. The average molecular weight is 360 g/mol. The molecule has 2 bridgehead atoms. The maximum absolute atomic E-state index is 5.85. The van der Waals surface area contributed by atoms with E-state index < -0.39 is 0 Å². The highest BCUT2D eigenvalue weighted by Gasteiger charge is 2.09. The van der Waals surface area contributed by atoms with E-state index in [9.17, 15) is 0 Å². The maximum atomic E-state index is 5.85. The molecule has 2 rings (SSSR count). The minimum Gasteiger partial charge on any atom is -0.380 e. The van der Waals surface area contributed by atoms with Gasteiger partial charge in [0.25, 0.3) is 0 Å². The molecule has 0 unspecified atom stereocenters. The van der Waals surface area contributed by atoms with Crippen LogP contribution in [0.3, 0.4) is 0 Å². The molecular weight excluding hydrogens is 324 g/mol. The van der Waals surface area contributed by atoms with Gasteiger partial charge in [0.2, 0.25) is 0 Å². The van der Waals surface area contributed by atoms with Gasteiger partial charge in [-0.1, -0.05) is 0 Å². The van der Waals surface area contributed by atoms with Crippen molar-refractivity contribution in [1.82, 2.24) is 9.80 Å². The summed E-state index contributed by atoms with van der Waals surface area (Å²) in [6.07, 6.45) is 1.91. The summed E-state index contributed by atoms with van der Waals surface area (Å²) in [6, 6.07) is 0. The predicted molar refractivity (Wildman–Crippen MR) is 96.2 cm³/mol. The van der Waals surface area contributed by atoms with Crippen LogP contribution < -0.4 is 0 Å². The molecule has 2 aliphatic heterocycles. The van der Waals surface area contributed by atoms with E-state index in [-0.39, 0.29) is 0 Å². The molecule has 0 aromatic heterocycles. The van der Waals surface area contributed by atoms with E-state index >= 15 is 0 Å². The summed E-state index contributed by atoms with van der Waals surface area (Å²) in [5.74, 6) is 0. The van der Waals surface area contributed by atoms with Gasteiger partial charge < -0.3 is 23.7 Å². The minimum absolute atomic E-state index is 0.751. The second-order valence-electron chi connectivity index (χ2n) is 6.45. The molecule has 0 amide bonds. The van der Waals surface area contributed by atoms with E-state index in [1.54, 1.807) is 0 Å². The fourth-order valence-corrected chi connectivity index (χ4v) is 2.87. The Morgan fingerprint density at radius 2 is 0.560 bits per heavy atom. The lowest BCUT2D eigenvalue weighted by atomic mass is 10.4.